The van der Waals surface area contributed by atoms with Crippen molar-refractivity contribution in [1.29, 1.82) is 0 Å². The number of unbranched alkanes of at least 4 members (excludes halogenated alkanes) is 1. The lowest BCUT2D eigenvalue weighted by atomic mass is 9.90. The van der Waals surface area contributed by atoms with E-state index in [1.54, 1.807) is 4.57 Å². The Bertz CT molecular complexity index is 779. The van der Waals surface area contributed by atoms with Crippen LogP contribution < -0.4 is 5.69 Å². The molecule has 0 aliphatic carbocycles. The summed E-state index contributed by atoms with van der Waals surface area (Å²) in [6, 6.07) is 10.6. The Morgan fingerprint density at radius 3 is 2.70 bits per heavy atom. The second kappa shape index (κ2) is 9.78. The number of carbonyl (C=O) groups is 1. The Kier molecular flexibility index (Phi) is 7.15. The molecule has 0 radical (unpaired) electrons. The zero-order chi connectivity index (χ0) is 19.1. The highest BCUT2D eigenvalue weighted by Crippen LogP contribution is 2.23. The summed E-state index contributed by atoms with van der Waals surface area (Å²) in [7, 11) is 0. The molecule has 3 rings (SSSR count). The van der Waals surface area contributed by atoms with Crippen LogP contribution in [-0.4, -0.2) is 44.4 Å². The van der Waals surface area contributed by atoms with Crippen molar-refractivity contribution in [2.75, 3.05) is 18.8 Å². The quantitative estimate of drug-likeness (QED) is 0.706. The van der Waals surface area contributed by atoms with Crippen LogP contribution in [0.2, 0.25) is 0 Å². The van der Waals surface area contributed by atoms with Crippen molar-refractivity contribution in [3.8, 4) is 0 Å². The van der Waals surface area contributed by atoms with Gasteiger partial charge in [0.1, 0.15) is 0 Å². The first-order valence-corrected chi connectivity index (χ1v) is 10.8. The summed E-state index contributed by atoms with van der Waals surface area (Å²) < 4.78 is 1.63. The van der Waals surface area contributed by atoms with E-state index in [4.69, 9.17) is 0 Å². The van der Waals surface area contributed by atoms with Crippen molar-refractivity contribution in [3.63, 3.8) is 0 Å². The molecule has 1 saturated heterocycles. The van der Waals surface area contributed by atoms with E-state index in [2.05, 4.69) is 41.4 Å². The molecular weight excluding hydrogens is 360 g/mol. The van der Waals surface area contributed by atoms with Gasteiger partial charge in [0.15, 0.2) is 5.16 Å². The standard InChI is InChI=1S/C20H28N4O2S/c1-2-3-11-24-19(26)21-22-20(24)27-15-18(25)23-12-9-17(10-13-23)14-16-7-5-4-6-8-16/h4-8,17H,2-3,9-15H2,1H3,(H,21,26). The second-order valence-corrected chi connectivity index (χ2v) is 8.06. The van der Waals surface area contributed by atoms with E-state index in [0.29, 0.717) is 23.4 Å². The molecule has 7 heteroatoms. The molecule has 0 bridgehead atoms. The largest absolute Gasteiger partial charge is 0.343 e. The average Bonchev–Trinajstić information content (AvgIpc) is 3.05. The number of H-pyrrole nitrogens is 1. The fraction of sp³-hybridized carbons (Fsp3) is 0.550. The van der Waals surface area contributed by atoms with Gasteiger partial charge in [-0.25, -0.2) is 9.89 Å². The van der Waals surface area contributed by atoms with Gasteiger partial charge >= 0.3 is 5.69 Å². The molecule has 146 valence electrons. The zero-order valence-electron chi connectivity index (χ0n) is 15.9. The number of hydrogen-bond donors (Lipinski definition) is 1. The van der Waals surface area contributed by atoms with Gasteiger partial charge in [0.25, 0.3) is 0 Å². The van der Waals surface area contributed by atoms with Crippen LogP contribution in [0.3, 0.4) is 0 Å². The van der Waals surface area contributed by atoms with Gasteiger partial charge in [-0.3, -0.25) is 9.36 Å². The summed E-state index contributed by atoms with van der Waals surface area (Å²) in [5.41, 5.74) is 1.18. The van der Waals surface area contributed by atoms with Crippen molar-refractivity contribution in [2.45, 2.75) is 50.7 Å². The molecule has 27 heavy (non-hydrogen) atoms. The van der Waals surface area contributed by atoms with Crippen molar-refractivity contribution in [2.24, 2.45) is 5.92 Å². The predicted molar refractivity (Wildman–Crippen MR) is 108 cm³/mol. The molecule has 2 aromatic rings. The van der Waals surface area contributed by atoms with E-state index >= 15 is 0 Å². The number of benzene rings is 1. The highest BCUT2D eigenvalue weighted by Gasteiger charge is 2.23. The minimum Gasteiger partial charge on any atom is -0.342 e. The molecule has 1 aliphatic rings. The van der Waals surface area contributed by atoms with Crippen LogP contribution in [0, 0.1) is 5.92 Å². The third-order valence-electron chi connectivity index (χ3n) is 5.12. The maximum absolute atomic E-state index is 12.5. The minimum atomic E-state index is -0.194. The van der Waals surface area contributed by atoms with Gasteiger partial charge in [-0.15, -0.1) is 5.10 Å². The fourth-order valence-corrected chi connectivity index (χ4v) is 4.35. The van der Waals surface area contributed by atoms with Crippen LogP contribution in [0.5, 0.6) is 0 Å². The van der Waals surface area contributed by atoms with Gasteiger partial charge in [-0.05, 0) is 37.2 Å². The lowest BCUT2D eigenvalue weighted by Gasteiger charge is -2.32. The number of nitrogens with one attached hydrogen (secondary N) is 1. The van der Waals surface area contributed by atoms with Crippen LogP contribution >= 0.6 is 11.8 Å². The predicted octanol–water partition coefficient (Wildman–Crippen LogP) is 2.94. The Balaban J connectivity index is 1.45. The van der Waals surface area contributed by atoms with E-state index in [9.17, 15) is 9.59 Å². The van der Waals surface area contributed by atoms with E-state index in [-0.39, 0.29) is 11.6 Å². The number of amides is 1. The number of likely N-dealkylation sites (tertiary alicyclic amines) is 1. The van der Waals surface area contributed by atoms with E-state index < -0.39 is 0 Å². The van der Waals surface area contributed by atoms with Crippen molar-refractivity contribution in [1.82, 2.24) is 19.7 Å². The molecule has 1 fully saturated rings. The molecule has 1 aromatic heterocycles. The molecule has 1 aliphatic heterocycles. The molecule has 2 heterocycles. The number of carbonyl (C=O) groups excluding carboxylic acids is 1. The number of aromatic nitrogens is 3. The Labute approximate surface area is 164 Å². The lowest BCUT2D eigenvalue weighted by Crippen LogP contribution is -2.39. The lowest BCUT2D eigenvalue weighted by molar-refractivity contribution is -0.129. The van der Waals surface area contributed by atoms with Crippen molar-refractivity contribution in [3.05, 3.63) is 46.4 Å². The van der Waals surface area contributed by atoms with Gasteiger partial charge in [0.2, 0.25) is 5.91 Å². The molecule has 6 nitrogen and oxygen atoms in total. The number of aromatic amines is 1. The van der Waals surface area contributed by atoms with Gasteiger partial charge < -0.3 is 4.90 Å². The maximum atomic E-state index is 12.5. The highest BCUT2D eigenvalue weighted by atomic mass is 32.2. The summed E-state index contributed by atoms with van der Waals surface area (Å²) in [5.74, 6) is 1.12. The number of hydrogen-bond acceptors (Lipinski definition) is 4. The van der Waals surface area contributed by atoms with E-state index in [0.717, 1.165) is 45.2 Å². The summed E-state index contributed by atoms with van der Waals surface area (Å²) in [6.07, 6.45) is 5.13. The fourth-order valence-electron chi connectivity index (χ4n) is 3.48. The third kappa shape index (κ3) is 5.48. The van der Waals surface area contributed by atoms with E-state index in [1.165, 1.54) is 17.3 Å². The first kappa shape index (κ1) is 19.7. The highest BCUT2D eigenvalue weighted by molar-refractivity contribution is 7.99. The van der Waals surface area contributed by atoms with Gasteiger partial charge in [-0.2, -0.15) is 0 Å². The van der Waals surface area contributed by atoms with Crippen LogP contribution in [0.1, 0.15) is 38.2 Å². The number of piperidine rings is 1. The Hall–Kier alpha value is -2.02. The first-order chi connectivity index (χ1) is 13.2. The first-order valence-electron chi connectivity index (χ1n) is 9.77. The molecule has 1 aromatic carbocycles. The van der Waals surface area contributed by atoms with Crippen molar-refractivity contribution >= 4 is 17.7 Å². The van der Waals surface area contributed by atoms with Crippen LogP contribution in [0.15, 0.2) is 40.3 Å². The minimum absolute atomic E-state index is 0.135. The van der Waals surface area contributed by atoms with Gasteiger partial charge in [0.05, 0.1) is 5.75 Å². The summed E-state index contributed by atoms with van der Waals surface area (Å²) in [4.78, 5) is 26.3. The maximum Gasteiger partial charge on any atom is 0.343 e. The van der Waals surface area contributed by atoms with Crippen LogP contribution in [0.25, 0.3) is 0 Å². The molecule has 1 N–H and O–H groups in total. The Morgan fingerprint density at radius 2 is 2.00 bits per heavy atom. The molecule has 0 unspecified atom stereocenters. The monoisotopic (exact) mass is 388 g/mol. The zero-order valence-corrected chi connectivity index (χ0v) is 16.7. The molecular formula is C20H28N4O2S. The van der Waals surface area contributed by atoms with Gasteiger partial charge in [0, 0.05) is 19.6 Å². The SMILES string of the molecule is CCCCn1c(SCC(=O)N2CCC(Cc3ccccc3)CC2)n[nH]c1=O. The normalized spacial score (nSPS) is 15.2. The topological polar surface area (TPSA) is 71.0 Å². The molecule has 0 spiro atoms. The second-order valence-electron chi connectivity index (χ2n) is 7.12. The number of nitrogens with zero attached hydrogens (tertiary/aromatic N) is 3. The van der Waals surface area contributed by atoms with Crippen LogP contribution in [0.4, 0.5) is 0 Å². The van der Waals surface area contributed by atoms with Gasteiger partial charge in [-0.1, -0.05) is 55.4 Å². The third-order valence-corrected chi connectivity index (χ3v) is 6.08. The summed E-state index contributed by atoms with van der Waals surface area (Å²) in [5, 5.41) is 7.16. The number of thioether (sulfide) groups is 1. The van der Waals surface area contributed by atoms with E-state index in [1.807, 2.05) is 11.0 Å². The Morgan fingerprint density at radius 1 is 1.26 bits per heavy atom. The average molecular weight is 389 g/mol. The van der Waals surface area contributed by atoms with Crippen molar-refractivity contribution < 1.29 is 4.79 Å². The smallest absolute Gasteiger partial charge is 0.342 e. The summed E-state index contributed by atoms with van der Waals surface area (Å²) in [6.45, 7) is 4.37. The van der Waals surface area contributed by atoms with Crippen LogP contribution in [-0.2, 0) is 17.8 Å². The summed E-state index contributed by atoms with van der Waals surface area (Å²) >= 11 is 1.35. The number of rotatable bonds is 8. The molecule has 0 atom stereocenters. The molecule has 0 saturated carbocycles. The molecule has 1 amide bonds.